The molecule has 1 aliphatic rings. The van der Waals surface area contributed by atoms with Crippen LogP contribution in [-0.4, -0.2) is 28.5 Å². The molecule has 2 atom stereocenters. The largest absolute Gasteiger partial charge is 0.352 e. The number of hydrogen-bond acceptors (Lipinski definition) is 5. The van der Waals surface area contributed by atoms with Crippen molar-refractivity contribution in [3.63, 3.8) is 0 Å². The van der Waals surface area contributed by atoms with Crippen LogP contribution in [0.2, 0.25) is 0 Å². The van der Waals surface area contributed by atoms with E-state index < -0.39 is 0 Å². The molecule has 0 saturated carbocycles. The third kappa shape index (κ3) is 2.84. The Morgan fingerprint density at radius 1 is 1.58 bits per heavy atom. The summed E-state index contributed by atoms with van der Waals surface area (Å²) in [4.78, 5) is 17.1. The average molecular weight is 264 g/mol. The third-order valence-electron chi connectivity index (χ3n) is 3.71. The standard InChI is InChI=1S/C13H20N4O2/c1-9-8-15-13(7-12(9)17(18)19)16-6-4-3-5-11(16)10(2)14/h7-8,10-11H,3-6,14H2,1-2H3. The highest BCUT2D eigenvalue weighted by Gasteiger charge is 2.27. The van der Waals surface area contributed by atoms with Gasteiger partial charge in [-0.3, -0.25) is 10.1 Å². The second-order valence-electron chi connectivity index (χ2n) is 5.20. The summed E-state index contributed by atoms with van der Waals surface area (Å²) < 4.78 is 0. The molecule has 0 aromatic carbocycles. The molecule has 2 unspecified atom stereocenters. The van der Waals surface area contributed by atoms with Crippen LogP contribution in [0.15, 0.2) is 12.3 Å². The van der Waals surface area contributed by atoms with E-state index in [9.17, 15) is 10.1 Å². The van der Waals surface area contributed by atoms with Crippen LogP contribution < -0.4 is 10.6 Å². The fraction of sp³-hybridized carbons (Fsp3) is 0.615. The molecule has 1 saturated heterocycles. The lowest BCUT2D eigenvalue weighted by Gasteiger charge is -2.38. The van der Waals surface area contributed by atoms with Gasteiger partial charge in [0.05, 0.1) is 11.0 Å². The van der Waals surface area contributed by atoms with Crippen molar-refractivity contribution in [3.8, 4) is 0 Å². The molecule has 104 valence electrons. The Morgan fingerprint density at radius 3 is 2.95 bits per heavy atom. The lowest BCUT2D eigenvalue weighted by Crippen LogP contribution is -2.49. The van der Waals surface area contributed by atoms with Gasteiger partial charge in [-0.2, -0.15) is 0 Å². The molecular formula is C13H20N4O2. The van der Waals surface area contributed by atoms with Gasteiger partial charge in [0.15, 0.2) is 0 Å². The predicted octanol–water partition coefficient (Wildman–Crippen LogP) is 2.00. The fourth-order valence-corrected chi connectivity index (χ4v) is 2.64. The molecule has 0 radical (unpaired) electrons. The molecule has 1 fully saturated rings. The van der Waals surface area contributed by atoms with Crippen molar-refractivity contribution < 1.29 is 4.92 Å². The van der Waals surface area contributed by atoms with Gasteiger partial charge in [-0.25, -0.2) is 4.98 Å². The average Bonchev–Trinajstić information content (AvgIpc) is 2.39. The molecule has 1 aliphatic heterocycles. The van der Waals surface area contributed by atoms with Crippen LogP contribution >= 0.6 is 0 Å². The van der Waals surface area contributed by atoms with Gasteiger partial charge in [-0.05, 0) is 33.1 Å². The molecular weight excluding hydrogens is 244 g/mol. The normalized spacial score (nSPS) is 21.2. The van der Waals surface area contributed by atoms with Crippen LogP contribution in [0, 0.1) is 17.0 Å². The summed E-state index contributed by atoms with van der Waals surface area (Å²) in [7, 11) is 0. The van der Waals surface area contributed by atoms with Crippen LogP contribution in [0.1, 0.15) is 31.7 Å². The molecule has 1 aromatic rings. The Hall–Kier alpha value is -1.69. The quantitative estimate of drug-likeness (QED) is 0.666. The Kier molecular flexibility index (Phi) is 3.99. The summed E-state index contributed by atoms with van der Waals surface area (Å²) in [5.41, 5.74) is 6.73. The molecule has 0 bridgehead atoms. The number of nitrogens with two attached hydrogens (primary N) is 1. The minimum atomic E-state index is -0.356. The first-order chi connectivity index (χ1) is 9.00. The van der Waals surface area contributed by atoms with E-state index in [4.69, 9.17) is 5.73 Å². The number of nitro groups is 1. The molecule has 19 heavy (non-hydrogen) atoms. The van der Waals surface area contributed by atoms with E-state index in [1.165, 1.54) is 0 Å². The minimum Gasteiger partial charge on any atom is -0.352 e. The minimum absolute atomic E-state index is 0.0301. The van der Waals surface area contributed by atoms with Gasteiger partial charge < -0.3 is 10.6 Å². The summed E-state index contributed by atoms with van der Waals surface area (Å²) in [6.07, 6.45) is 4.81. The number of anilines is 1. The van der Waals surface area contributed by atoms with E-state index in [-0.39, 0.29) is 22.7 Å². The SMILES string of the molecule is Cc1cnc(N2CCCCC2C(C)N)cc1[N+](=O)[O-]. The number of aryl methyl sites for hydroxylation is 1. The monoisotopic (exact) mass is 264 g/mol. The summed E-state index contributed by atoms with van der Waals surface area (Å²) in [6, 6.07) is 1.81. The van der Waals surface area contributed by atoms with Gasteiger partial charge in [-0.15, -0.1) is 0 Å². The molecule has 2 N–H and O–H groups in total. The maximum absolute atomic E-state index is 11.0. The zero-order valence-electron chi connectivity index (χ0n) is 11.4. The summed E-state index contributed by atoms with van der Waals surface area (Å²) in [6.45, 7) is 4.54. The fourth-order valence-electron chi connectivity index (χ4n) is 2.64. The molecule has 0 amide bonds. The summed E-state index contributed by atoms with van der Waals surface area (Å²) in [5, 5.41) is 11.0. The van der Waals surface area contributed by atoms with Crippen molar-refractivity contribution in [1.82, 2.24) is 4.98 Å². The molecule has 1 aromatic heterocycles. The predicted molar refractivity (Wildman–Crippen MR) is 74.3 cm³/mol. The number of pyridine rings is 1. The number of rotatable bonds is 3. The number of piperidine rings is 1. The molecule has 0 spiro atoms. The Balaban J connectivity index is 2.34. The van der Waals surface area contributed by atoms with Crippen LogP contribution in [0.3, 0.4) is 0 Å². The molecule has 6 heteroatoms. The van der Waals surface area contributed by atoms with Gasteiger partial charge >= 0.3 is 0 Å². The molecule has 2 heterocycles. The number of hydrogen-bond donors (Lipinski definition) is 1. The van der Waals surface area contributed by atoms with Gasteiger partial charge in [0.2, 0.25) is 0 Å². The van der Waals surface area contributed by atoms with E-state index in [2.05, 4.69) is 9.88 Å². The zero-order valence-corrected chi connectivity index (χ0v) is 11.4. The van der Waals surface area contributed by atoms with Crippen molar-refractivity contribution in [2.45, 2.75) is 45.2 Å². The van der Waals surface area contributed by atoms with Gasteiger partial charge in [-0.1, -0.05) is 0 Å². The zero-order chi connectivity index (χ0) is 14.0. The van der Waals surface area contributed by atoms with Gasteiger partial charge in [0, 0.05) is 30.4 Å². The Morgan fingerprint density at radius 2 is 2.32 bits per heavy atom. The Labute approximate surface area is 112 Å². The maximum atomic E-state index is 11.0. The number of nitrogens with zero attached hydrogens (tertiary/aromatic N) is 3. The van der Waals surface area contributed by atoms with Crippen molar-refractivity contribution in [1.29, 1.82) is 0 Å². The highest BCUT2D eigenvalue weighted by Crippen LogP contribution is 2.28. The van der Waals surface area contributed by atoms with E-state index in [0.29, 0.717) is 11.4 Å². The lowest BCUT2D eigenvalue weighted by molar-refractivity contribution is -0.385. The number of aromatic nitrogens is 1. The first kappa shape index (κ1) is 13.7. The van der Waals surface area contributed by atoms with Crippen molar-refractivity contribution in [2.24, 2.45) is 5.73 Å². The van der Waals surface area contributed by atoms with Crippen LogP contribution in [0.25, 0.3) is 0 Å². The highest BCUT2D eigenvalue weighted by molar-refractivity contribution is 5.51. The van der Waals surface area contributed by atoms with Crippen molar-refractivity contribution >= 4 is 11.5 Å². The molecule has 6 nitrogen and oxygen atoms in total. The first-order valence-electron chi connectivity index (χ1n) is 6.64. The van der Waals surface area contributed by atoms with Crippen molar-refractivity contribution in [3.05, 3.63) is 27.9 Å². The second kappa shape index (κ2) is 5.52. The van der Waals surface area contributed by atoms with Crippen LogP contribution in [0.5, 0.6) is 0 Å². The van der Waals surface area contributed by atoms with E-state index in [0.717, 1.165) is 25.8 Å². The summed E-state index contributed by atoms with van der Waals surface area (Å²) in [5.74, 6) is 0.666. The molecule has 0 aliphatic carbocycles. The maximum Gasteiger partial charge on any atom is 0.277 e. The Bertz CT molecular complexity index is 476. The van der Waals surface area contributed by atoms with E-state index in [1.54, 1.807) is 19.2 Å². The van der Waals surface area contributed by atoms with Gasteiger partial charge in [0.1, 0.15) is 5.82 Å². The topological polar surface area (TPSA) is 85.3 Å². The van der Waals surface area contributed by atoms with Crippen LogP contribution in [0.4, 0.5) is 11.5 Å². The van der Waals surface area contributed by atoms with Crippen molar-refractivity contribution in [2.75, 3.05) is 11.4 Å². The molecule has 2 rings (SSSR count). The smallest absolute Gasteiger partial charge is 0.277 e. The second-order valence-corrected chi connectivity index (χ2v) is 5.20. The van der Waals surface area contributed by atoms with Gasteiger partial charge in [0.25, 0.3) is 5.69 Å². The summed E-state index contributed by atoms with van der Waals surface area (Å²) >= 11 is 0. The third-order valence-corrected chi connectivity index (χ3v) is 3.71. The first-order valence-corrected chi connectivity index (χ1v) is 6.64. The highest BCUT2D eigenvalue weighted by atomic mass is 16.6. The van der Waals surface area contributed by atoms with E-state index in [1.807, 2.05) is 6.92 Å². The lowest BCUT2D eigenvalue weighted by atomic mass is 9.97. The van der Waals surface area contributed by atoms with E-state index >= 15 is 0 Å². The van der Waals surface area contributed by atoms with Crippen LogP contribution in [-0.2, 0) is 0 Å².